The second-order valence-corrected chi connectivity index (χ2v) is 7.71. The Hall–Kier alpha value is -2.23. The third kappa shape index (κ3) is 5.47. The van der Waals surface area contributed by atoms with Crippen molar-refractivity contribution in [3.05, 3.63) is 52.3 Å². The second-order valence-electron chi connectivity index (χ2n) is 7.30. The molecule has 11 heteroatoms. The number of hydrogen-bond acceptors (Lipinski definition) is 2. The quantitative estimate of drug-likeness (QED) is 0.616. The Balaban J connectivity index is 1.55. The van der Waals surface area contributed by atoms with Gasteiger partial charge in [-0.15, -0.1) is 0 Å². The van der Waals surface area contributed by atoms with E-state index < -0.39 is 29.5 Å². The van der Waals surface area contributed by atoms with E-state index in [0.29, 0.717) is 32.2 Å². The van der Waals surface area contributed by atoms with Crippen molar-refractivity contribution in [2.24, 2.45) is 5.92 Å². The number of amides is 1. The normalized spacial score (nSPS) is 20.2. The highest BCUT2D eigenvalue weighted by molar-refractivity contribution is 6.33. The van der Waals surface area contributed by atoms with Gasteiger partial charge >= 0.3 is 12.4 Å². The van der Waals surface area contributed by atoms with Crippen molar-refractivity contribution in [2.45, 2.75) is 50.6 Å². The first-order valence-corrected chi connectivity index (χ1v) is 9.59. The summed E-state index contributed by atoms with van der Waals surface area (Å²) in [4.78, 5) is 12.4. The van der Waals surface area contributed by atoms with Crippen molar-refractivity contribution in [1.82, 2.24) is 15.1 Å². The first-order chi connectivity index (χ1) is 13.9. The summed E-state index contributed by atoms with van der Waals surface area (Å²) in [6.45, 7) is 0.330. The summed E-state index contributed by atoms with van der Waals surface area (Å²) in [6, 6.07) is 3.24. The Morgan fingerprint density at radius 3 is 2.30 bits per heavy atom. The predicted octanol–water partition coefficient (Wildman–Crippen LogP) is 5.56. The maximum Gasteiger partial charge on any atom is 0.435 e. The Morgan fingerprint density at radius 1 is 1.07 bits per heavy atom. The Bertz CT molecular complexity index is 900. The zero-order valence-corrected chi connectivity index (χ0v) is 16.3. The molecule has 0 radical (unpaired) electrons. The standard InChI is InChI=1S/C19H18ClF6N3O/c20-15-6-3-12(18(21,22)23)9-14(15)17(30)27-13-4-1-11(2-5-13)10-29-8-7-16(28-29)19(24,25)26/h3,6-9,11,13H,1-2,4-5,10H2,(H,27,30)/t11-,13-. The molecular weight excluding hydrogens is 436 g/mol. The van der Waals surface area contributed by atoms with Crippen LogP contribution in [0.25, 0.3) is 0 Å². The van der Waals surface area contributed by atoms with E-state index >= 15 is 0 Å². The van der Waals surface area contributed by atoms with Crippen LogP contribution in [0.2, 0.25) is 5.02 Å². The van der Waals surface area contributed by atoms with Gasteiger partial charge in [0.25, 0.3) is 5.91 Å². The van der Waals surface area contributed by atoms with E-state index in [4.69, 9.17) is 11.6 Å². The van der Waals surface area contributed by atoms with Crippen LogP contribution in [0.1, 0.15) is 47.3 Å². The molecule has 1 fully saturated rings. The van der Waals surface area contributed by atoms with Gasteiger partial charge in [-0.1, -0.05) is 11.6 Å². The molecule has 1 aliphatic carbocycles. The average Bonchev–Trinajstić information content (AvgIpc) is 3.11. The molecule has 0 atom stereocenters. The number of carbonyl (C=O) groups excluding carboxylic acids is 1. The number of hydrogen-bond donors (Lipinski definition) is 1. The van der Waals surface area contributed by atoms with Crippen molar-refractivity contribution >= 4 is 17.5 Å². The van der Waals surface area contributed by atoms with Crippen molar-refractivity contribution in [2.75, 3.05) is 0 Å². The van der Waals surface area contributed by atoms with Crippen molar-refractivity contribution in [3.63, 3.8) is 0 Å². The number of carbonyl (C=O) groups is 1. The van der Waals surface area contributed by atoms with Crippen molar-refractivity contribution in [1.29, 1.82) is 0 Å². The van der Waals surface area contributed by atoms with Crippen LogP contribution in [0, 0.1) is 5.92 Å². The number of alkyl halides is 6. The SMILES string of the molecule is O=C(N[C@H]1CC[C@H](Cn2ccc(C(F)(F)F)n2)CC1)c1cc(C(F)(F)F)ccc1Cl. The summed E-state index contributed by atoms with van der Waals surface area (Å²) in [6.07, 6.45) is -5.40. The summed E-state index contributed by atoms with van der Waals surface area (Å²) in [5, 5.41) is 6.16. The first-order valence-electron chi connectivity index (χ1n) is 9.21. The molecule has 0 spiro atoms. The van der Waals surface area contributed by atoms with E-state index in [1.165, 1.54) is 10.9 Å². The monoisotopic (exact) mass is 453 g/mol. The molecule has 0 unspecified atom stereocenters. The number of aromatic nitrogens is 2. The molecular formula is C19H18ClF6N3O. The van der Waals surface area contributed by atoms with E-state index in [9.17, 15) is 31.1 Å². The van der Waals surface area contributed by atoms with Crippen LogP contribution in [-0.4, -0.2) is 21.7 Å². The third-order valence-corrected chi connectivity index (χ3v) is 5.43. The highest BCUT2D eigenvalue weighted by atomic mass is 35.5. The zero-order valence-electron chi connectivity index (χ0n) is 15.5. The molecule has 1 N–H and O–H groups in total. The summed E-state index contributed by atoms with van der Waals surface area (Å²) in [5.41, 5.74) is -2.15. The smallest absolute Gasteiger partial charge is 0.349 e. The van der Waals surface area contributed by atoms with Crippen LogP contribution >= 0.6 is 11.6 Å². The van der Waals surface area contributed by atoms with Crippen LogP contribution < -0.4 is 5.32 Å². The number of halogens is 7. The van der Waals surface area contributed by atoms with Gasteiger partial charge in [0.05, 0.1) is 16.1 Å². The lowest BCUT2D eigenvalue weighted by Crippen LogP contribution is -2.38. The predicted molar refractivity (Wildman–Crippen MR) is 96.9 cm³/mol. The number of benzene rings is 1. The highest BCUT2D eigenvalue weighted by Gasteiger charge is 2.34. The molecule has 164 valence electrons. The van der Waals surface area contributed by atoms with E-state index in [-0.39, 0.29) is 22.5 Å². The summed E-state index contributed by atoms with van der Waals surface area (Å²) in [5.74, 6) is -0.590. The average molecular weight is 454 g/mol. The summed E-state index contributed by atoms with van der Waals surface area (Å²) >= 11 is 5.89. The molecule has 2 aromatic rings. The fraction of sp³-hybridized carbons (Fsp3) is 0.474. The molecule has 1 heterocycles. The van der Waals surface area contributed by atoms with Gasteiger partial charge in [-0.2, -0.15) is 31.4 Å². The molecule has 4 nitrogen and oxygen atoms in total. The van der Waals surface area contributed by atoms with E-state index in [1.807, 2.05) is 0 Å². The van der Waals surface area contributed by atoms with Crippen LogP contribution in [-0.2, 0) is 18.9 Å². The molecule has 3 rings (SSSR count). The molecule has 1 aliphatic rings. The molecule has 0 bridgehead atoms. The molecule has 1 aromatic heterocycles. The van der Waals surface area contributed by atoms with Crippen LogP contribution in [0.4, 0.5) is 26.3 Å². The van der Waals surface area contributed by atoms with Crippen molar-refractivity contribution < 1.29 is 31.1 Å². The third-order valence-electron chi connectivity index (χ3n) is 5.10. The lowest BCUT2D eigenvalue weighted by Gasteiger charge is -2.29. The Labute approximate surface area is 173 Å². The van der Waals surface area contributed by atoms with Gasteiger partial charge in [0, 0.05) is 18.8 Å². The van der Waals surface area contributed by atoms with Crippen LogP contribution in [0.5, 0.6) is 0 Å². The number of rotatable bonds is 4. The minimum atomic E-state index is -4.59. The minimum Gasteiger partial charge on any atom is -0.349 e. The van der Waals surface area contributed by atoms with Gasteiger partial charge in [-0.05, 0) is 55.9 Å². The van der Waals surface area contributed by atoms with Gasteiger partial charge < -0.3 is 5.32 Å². The van der Waals surface area contributed by atoms with E-state index in [2.05, 4.69) is 10.4 Å². The maximum atomic E-state index is 12.9. The summed E-state index contributed by atoms with van der Waals surface area (Å²) < 4.78 is 77.7. The fourth-order valence-electron chi connectivity index (χ4n) is 3.51. The molecule has 1 amide bonds. The van der Waals surface area contributed by atoms with Gasteiger partial charge in [-0.3, -0.25) is 9.48 Å². The zero-order chi connectivity index (χ0) is 22.1. The van der Waals surface area contributed by atoms with Gasteiger partial charge in [0.2, 0.25) is 0 Å². The largest absolute Gasteiger partial charge is 0.435 e. The van der Waals surface area contributed by atoms with Crippen molar-refractivity contribution in [3.8, 4) is 0 Å². The van der Waals surface area contributed by atoms with Crippen LogP contribution in [0.3, 0.4) is 0 Å². The lowest BCUT2D eigenvalue weighted by atomic mass is 9.86. The van der Waals surface area contributed by atoms with Crippen LogP contribution in [0.15, 0.2) is 30.5 Å². The van der Waals surface area contributed by atoms with E-state index in [1.54, 1.807) is 0 Å². The minimum absolute atomic E-state index is 0.0756. The van der Waals surface area contributed by atoms with Gasteiger partial charge in [-0.25, -0.2) is 0 Å². The molecule has 0 aliphatic heterocycles. The molecule has 30 heavy (non-hydrogen) atoms. The molecule has 1 saturated carbocycles. The Kier molecular flexibility index (Phi) is 6.35. The number of nitrogens with one attached hydrogen (secondary N) is 1. The van der Waals surface area contributed by atoms with Gasteiger partial charge in [0.1, 0.15) is 0 Å². The first kappa shape index (κ1) is 22.5. The maximum absolute atomic E-state index is 12.9. The lowest BCUT2D eigenvalue weighted by molar-refractivity contribution is -0.141. The Morgan fingerprint density at radius 2 is 1.73 bits per heavy atom. The highest BCUT2D eigenvalue weighted by Crippen LogP contribution is 2.32. The van der Waals surface area contributed by atoms with Gasteiger partial charge in [0.15, 0.2) is 5.69 Å². The van der Waals surface area contributed by atoms with E-state index in [0.717, 1.165) is 24.3 Å². The fourth-order valence-corrected chi connectivity index (χ4v) is 3.71. The summed E-state index contributed by atoms with van der Waals surface area (Å²) in [7, 11) is 0. The number of nitrogens with zero attached hydrogens (tertiary/aromatic N) is 2. The molecule has 0 saturated heterocycles. The molecule has 1 aromatic carbocycles. The topological polar surface area (TPSA) is 46.9 Å². The second kappa shape index (κ2) is 8.49.